The predicted molar refractivity (Wildman–Crippen MR) is 110 cm³/mol. The lowest BCUT2D eigenvalue weighted by Gasteiger charge is -2.47. The van der Waals surface area contributed by atoms with Gasteiger partial charge in [-0.3, -0.25) is 0 Å². The second-order valence-electron chi connectivity index (χ2n) is 8.87. The number of aromatic hydroxyl groups is 2. The first-order valence-electron chi connectivity index (χ1n) is 10.4. The maximum absolute atomic E-state index is 10.9. The van der Waals surface area contributed by atoms with Gasteiger partial charge in [0.25, 0.3) is 0 Å². The van der Waals surface area contributed by atoms with Crippen LogP contribution in [0.3, 0.4) is 0 Å². The molecule has 6 rings (SSSR count). The van der Waals surface area contributed by atoms with Crippen molar-refractivity contribution in [1.29, 1.82) is 0 Å². The molecule has 1 spiro atoms. The molecule has 2 N–H and O–H groups in total. The molecule has 1 saturated carbocycles. The molecule has 0 aromatic heterocycles. The highest BCUT2D eigenvalue weighted by molar-refractivity contribution is 5.64. The Hall–Kier alpha value is -2.74. The molecule has 0 aliphatic heterocycles. The number of hydrogen-bond acceptors (Lipinski definition) is 2. The van der Waals surface area contributed by atoms with Crippen LogP contribution in [-0.4, -0.2) is 10.2 Å². The number of benzene rings is 3. The van der Waals surface area contributed by atoms with Crippen LogP contribution in [0.1, 0.15) is 46.6 Å². The smallest absolute Gasteiger partial charge is 0.119 e. The Morgan fingerprint density at radius 3 is 1.71 bits per heavy atom. The van der Waals surface area contributed by atoms with Gasteiger partial charge in [-0.05, 0) is 72.3 Å². The van der Waals surface area contributed by atoms with Crippen LogP contribution in [0.25, 0.3) is 0 Å². The van der Waals surface area contributed by atoms with E-state index in [1.165, 1.54) is 16.7 Å². The molecule has 1 fully saturated rings. The number of rotatable bonds is 1. The van der Waals surface area contributed by atoms with Crippen LogP contribution in [-0.2, 0) is 18.3 Å². The van der Waals surface area contributed by atoms with Crippen molar-refractivity contribution in [3.8, 4) is 11.5 Å². The predicted octanol–water partition coefficient (Wildman–Crippen LogP) is 5.31. The van der Waals surface area contributed by atoms with Crippen molar-refractivity contribution in [2.24, 2.45) is 11.8 Å². The van der Waals surface area contributed by atoms with E-state index >= 15 is 0 Å². The summed E-state index contributed by atoms with van der Waals surface area (Å²) in [7, 11) is 0. The van der Waals surface area contributed by atoms with Crippen molar-refractivity contribution in [3.63, 3.8) is 0 Å². The van der Waals surface area contributed by atoms with Crippen molar-refractivity contribution < 1.29 is 10.2 Å². The summed E-state index contributed by atoms with van der Waals surface area (Å²) in [6.07, 6.45) is 4.17. The van der Waals surface area contributed by atoms with Crippen LogP contribution in [0.4, 0.5) is 0 Å². The van der Waals surface area contributed by atoms with Crippen molar-refractivity contribution in [3.05, 3.63) is 94.5 Å². The molecule has 3 aromatic rings. The topological polar surface area (TPSA) is 40.5 Å². The highest BCUT2D eigenvalue weighted by Gasteiger charge is 2.61. The highest BCUT2D eigenvalue weighted by atomic mass is 16.3. The first kappa shape index (κ1) is 16.2. The summed E-state index contributed by atoms with van der Waals surface area (Å²) in [4.78, 5) is 0. The zero-order valence-electron chi connectivity index (χ0n) is 15.8. The molecule has 2 nitrogen and oxygen atoms in total. The first-order valence-corrected chi connectivity index (χ1v) is 10.4. The molecule has 0 bridgehead atoms. The lowest BCUT2D eigenvalue weighted by molar-refractivity contribution is 0.151. The minimum Gasteiger partial charge on any atom is -0.508 e. The van der Waals surface area contributed by atoms with Crippen molar-refractivity contribution in [2.75, 3.05) is 0 Å². The van der Waals surface area contributed by atoms with Crippen LogP contribution in [0.15, 0.2) is 66.7 Å². The summed E-state index contributed by atoms with van der Waals surface area (Å²) in [6.45, 7) is 0. The Labute approximate surface area is 165 Å². The summed E-state index contributed by atoms with van der Waals surface area (Å²) in [6, 6.07) is 22.8. The summed E-state index contributed by atoms with van der Waals surface area (Å²) in [5, 5.41) is 21.9. The average molecular weight is 368 g/mol. The van der Waals surface area contributed by atoms with Gasteiger partial charge < -0.3 is 10.2 Å². The van der Waals surface area contributed by atoms with Gasteiger partial charge in [-0.15, -0.1) is 0 Å². The molecule has 28 heavy (non-hydrogen) atoms. The molecule has 0 amide bonds. The van der Waals surface area contributed by atoms with E-state index in [1.807, 2.05) is 24.3 Å². The van der Waals surface area contributed by atoms with E-state index in [4.69, 9.17) is 0 Å². The van der Waals surface area contributed by atoms with Gasteiger partial charge in [-0.2, -0.15) is 0 Å². The van der Waals surface area contributed by atoms with Gasteiger partial charge in [-0.25, -0.2) is 0 Å². The molecule has 0 heterocycles. The van der Waals surface area contributed by atoms with Crippen LogP contribution in [0.2, 0.25) is 0 Å². The summed E-state index contributed by atoms with van der Waals surface area (Å²) >= 11 is 0. The molecule has 140 valence electrons. The second kappa shape index (κ2) is 5.64. The van der Waals surface area contributed by atoms with Gasteiger partial charge in [0.15, 0.2) is 0 Å². The van der Waals surface area contributed by atoms with E-state index in [-0.39, 0.29) is 5.41 Å². The maximum Gasteiger partial charge on any atom is 0.119 e. The fraction of sp³-hybridized carbons (Fsp3) is 0.308. The third-order valence-electron chi connectivity index (χ3n) is 7.71. The number of phenolic OH excluding ortho intramolecular Hbond substituents is 2. The monoisotopic (exact) mass is 368 g/mol. The molecular weight excluding hydrogens is 344 g/mol. The van der Waals surface area contributed by atoms with Crippen molar-refractivity contribution in [1.82, 2.24) is 0 Å². The lowest BCUT2D eigenvalue weighted by atomic mass is 9.56. The van der Waals surface area contributed by atoms with Gasteiger partial charge in [0.1, 0.15) is 11.5 Å². The Bertz CT molecular complexity index is 1000. The lowest BCUT2D eigenvalue weighted by Crippen LogP contribution is -2.43. The van der Waals surface area contributed by atoms with Gasteiger partial charge in [0.2, 0.25) is 0 Å². The fourth-order valence-corrected chi connectivity index (χ4v) is 6.92. The highest BCUT2D eigenvalue weighted by Crippen LogP contribution is 2.67. The van der Waals surface area contributed by atoms with E-state index in [2.05, 4.69) is 42.5 Å². The molecule has 3 aliphatic carbocycles. The third-order valence-corrected chi connectivity index (χ3v) is 7.71. The minimum atomic E-state index is -0.243. The summed E-state index contributed by atoms with van der Waals surface area (Å²) in [5.41, 5.74) is 5.90. The fourth-order valence-electron chi connectivity index (χ4n) is 6.92. The Balaban J connectivity index is 1.58. The molecule has 0 radical (unpaired) electrons. The molecular formula is C26H24O2. The Kier molecular flexibility index (Phi) is 3.27. The van der Waals surface area contributed by atoms with E-state index in [1.54, 1.807) is 0 Å². The minimum absolute atomic E-state index is 0.243. The number of fused-ring (bicyclic) bond motifs is 2. The van der Waals surface area contributed by atoms with Crippen LogP contribution < -0.4 is 0 Å². The van der Waals surface area contributed by atoms with Gasteiger partial charge in [0.05, 0.1) is 0 Å². The summed E-state index contributed by atoms with van der Waals surface area (Å²) < 4.78 is 0. The average Bonchev–Trinajstić information content (AvgIpc) is 3.22. The van der Waals surface area contributed by atoms with E-state index < -0.39 is 0 Å². The van der Waals surface area contributed by atoms with Gasteiger partial charge in [-0.1, -0.05) is 54.6 Å². The largest absolute Gasteiger partial charge is 0.508 e. The molecule has 0 unspecified atom stereocenters. The standard InChI is InChI=1S/C26H24O2/c27-22-10-4-8-17-12-20-14-19(16-6-2-1-3-7-16)15-21-13-18-9-5-11-23(28)25(18)26(20,21)24(17)22/h1-11,19-21,27-28H,12-15H2/t20-,21-,26?/m0/s1. The summed E-state index contributed by atoms with van der Waals surface area (Å²) in [5.74, 6) is 2.17. The quantitative estimate of drug-likeness (QED) is 0.611. The first-order chi connectivity index (χ1) is 13.7. The van der Waals surface area contributed by atoms with E-state index in [9.17, 15) is 10.2 Å². The molecule has 0 saturated heterocycles. The molecule has 3 aromatic carbocycles. The second-order valence-corrected chi connectivity index (χ2v) is 8.87. The van der Waals surface area contributed by atoms with Crippen molar-refractivity contribution >= 4 is 0 Å². The Morgan fingerprint density at radius 2 is 1.18 bits per heavy atom. The maximum atomic E-state index is 10.9. The van der Waals surface area contributed by atoms with Gasteiger partial charge >= 0.3 is 0 Å². The Morgan fingerprint density at radius 1 is 0.643 bits per heavy atom. The SMILES string of the molecule is Oc1cccc2c1C13c4c(O)cccc4C[C@H]1CC(c1ccccc1)C[C@@H]3C2. The molecule has 2 atom stereocenters. The molecule has 2 heteroatoms. The third kappa shape index (κ3) is 1.93. The normalized spacial score (nSPS) is 29.6. The molecule has 3 aliphatic rings. The van der Waals surface area contributed by atoms with Gasteiger partial charge in [0, 0.05) is 16.5 Å². The van der Waals surface area contributed by atoms with Crippen LogP contribution >= 0.6 is 0 Å². The van der Waals surface area contributed by atoms with Crippen LogP contribution in [0, 0.1) is 11.8 Å². The van der Waals surface area contributed by atoms with Crippen molar-refractivity contribution in [2.45, 2.75) is 37.0 Å². The van der Waals surface area contributed by atoms with E-state index in [0.717, 1.165) is 36.8 Å². The number of phenols is 2. The zero-order chi connectivity index (χ0) is 18.9. The number of hydrogen-bond donors (Lipinski definition) is 2. The van der Waals surface area contributed by atoms with Crippen LogP contribution in [0.5, 0.6) is 11.5 Å². The van der Waals surface area contributed by atoms with E-state index in [0.29, 0.717) is 29.3 Å². The zero-order valence-corrected chi connectivity index (χ0v) is 15.8.